The van der Waals surface area contributed by atoms with Crippen molar-refractivity contribution in [1.82, 2.24) is 10.6 Å². The van der Waals surface area contributed by atoms with Gasteiger partial charge in [-0.1, -0.05) is 18.2 Å². The predicted molar refractivity (Wildman–Crippen MR) is 94.2 cm³/mol. The SMILES string of the molecule is CCNC(=NCc1cc(F)ccc1F)NCC(=O)Nc1ccccc1. The van der Waals surface area contributed by atoms with Gasteiger partial charge in [-0.15, -0.1) is 0 Å². The number of anilines is 1. The maximum absolute atomic E-state index is 13.6. The number of rotatable bonds is 6. The van der Waals surface area contributed by atoms with Crippen LogP contribution >= 0.6 is 0 Å². The Hall–Kier alpha value is -2.96. The van der Waals surface area contributed by atoms with Crippen LogP contribution in [0.1, 0.15) is 12.5 Å². The normalized spacial score (nSPS) is 11.1. The summed E-state index contributed by atoms with van der Waals surface area (Å²) in [5, 5.41) is 8.54. The summed E-state index contributed by atoms with van der Waals surface area (Å²) in [7, 11) is 0. The van der Waals surface area contributed by atoms with E-state index in [2.05, 4.69) is 20.9 Å². The van der Waals surface area contributed by atoms with Gasteiger partial charge in [-0.3, -0.25) is 4.79 Å². The summed E-state index contributed by atoms with van der Waals surface area (Å²) < 4.78 is 26.8. The van der Waals surface area contributed by atoms with Crippen LogP contribution in [0.5, 0.6) is 0 Å². The molecule has 0 fully saturated rings. The number of para-hydroxylation sites is 1. The fourth-order valence-electron chi connectivity index (χ4n) is 2.06. The molecule has 0 atom stereocenters. The van der Waals surface area contributed by atoms with E-state index in [1.807, 2.05) is 25.1 Å². The van der Waals surface area contributed by atoms with Crippen LogP contribution in [0.2, 0.25) is 0 Å². The second-order valence-corrected chi connectivity index (χ2v) is 5.20. The lowest BCUT2D eigenvalue weighted by Crippen LogP contribution is -2.41. The van der Waals surface area contributed by atoms with Crippen molar-refractivity contribution in [2.45, 2.75) is 13.5 Å². The number of hydrogen-bond donors (Lipinski definition) is 3. The van der Waals surface area contributed by atoms with Gasteiger partial charge < -0.3 is 16.0 Å². The molecule has 0 aromatic heterocycles. The average molecular weight is 346 g/mol. The van der Waals surface area contributed by atoms with Gasteiger partial charge >= 0.3 is 0 Å². The average Bonchev–Trinajstić information content (AvgIpc) is 2.61. The van der Waals surface area contributed by atoms with Crippen LogP contribution in [-0.2, 0) is 11.3 Å². The van der Waals surface area contributed by atoms with Crippen molar-refractivity contribution in [3.63, 3.8) is 0 Å². The maximum Gasteiger partial charge on any atom is 0.243 e. The third-order valence-electron chi connectivity index (χ3n) is 3.23. The number of guanidine groups is 1. The lowest BCUT2D eigenvalue weighted by atomic mass is 10.2. The molecule has 0 aliphatic heterocycles. The van der Waals surface area contributed by atoms with Crippen LogP contribution in [0.25, 0.3) is 0 Å². The van der Waals surface area contributed by atoms with Gasteiger partial charge in [0, 0.05) is 17.8 Å². The van der Waals surface area contributed by atoms with Gasteiger partial charge in [-0.05, 0) is 37.3 Å². The molecule has 3 N–H and O–H groups in total. The Balaban J connectivity index is 1.93. The van der Waals surface area contributed by atoms with E-state index in [4.69, 9.17) is 0 Å². The first kappa shape index (κ1) is 18.4. The van der Waals surface area contributed by atoms with Crippen LogP contribution in [0, 0.1) is 11.6 Å². The highest BCUT2D eigenvalue weighted by atomic mass is 19.1. The molecule has 0 saturated heterocycles. The molecule has 0 unspecified atom stereocenters. The fraction of sp³-hybridized carbons (Fsp3) is 0.222. The summed E-state index contributed by atoms with van der Waals surface area (Å²) in [4.78, 5) is 16.1. The van der Waals surface area contributed by atoms with E-state index < -0.39 is 11.6 Å². The first-order valence-corrected chi connectivity index (χ1v) is 7.89. The monoisotopic (exact) mass is 346 g/mol. The van der Waals surface area contributed by atoms with Crippen LogP contribution in [0.3, 0.4) is 0 Å². The van der Waals surface area contributed by atoms with Gasteiger partial charge in [0.1, 0.15) is 11.6 Å². The van der Waals surface area contributed by atoms with Gasteiger partial charge in [0.15, 0.2) is 5.96 Å². The molecule has 0 aliphatic carbocycles. The zero-order valence-corrected chi connectivity index (χ0v) is 13.9. The second kappa shape index (κ2) is 9.36. The van der Waals surface area contributed by atoms with Gasteiger partial charge in [0.25, 0.3) is 0 Å². The highest BCUT2D eigenvalue weighted by Gasteiger charge is 2.06. The summed E-state index contributed by atoms with van der Waals surface area (Å²) in [6.45, 7) is 2.38. The Morgan fingerprint density at radius 2 is 1.84 bits per heavy atom. The molecule has 2 aromatic carbocycles. The molecule has 25 heavy (non-hydrogen) atoms. The molecule has 2 aromatic rings. The molecule has 132 valence electrons. The van der Waals surface area contributed by atoms with E-state index in [0.29, 0.717) is 18.2 Å². The van der Waals surface area contributed by atoms with Crippen molar-refractivity contribution in [3.05, 3.63) is 65.7 Å². The third-order valence-corrected chi connectivity index (χ3v) is 3.23. The Kier molecular flexibility index (Phi) is 6.88. The van der Waals surface area contributed by atoms with Crippen LogP contribution in [0.4, 0.5) is 14.5 Å². The summed E-state index contributed by atoms with van der Waals surface area (Å²) in [6.07, 6.45) is 0. The summed E-state index contributed by atoms with van der Waals surface area (Å²) >= 11 is 0. The number of carbonyl (C=O) groups excluding carboxylic acids is 1. The maximum atomic E-state index is 13.6. The Morgan fingerprint density at radius 3 is 2.56 bits per heavy atom. The fourth-order valence-corrected chi connectivity index (χ4v) is 2.06. The molecular formula is C18H20F2N4O. The highest BCUT2D eigenvalue weighted by Crippen LogP contribution is 2.10. The standard InChI is InChI=1S/C18H20F2N4O/c1-2-21-18(22-11-13-10-14(19)8-9-16(13)20)23-12-17(25)24-15-6-4-3-5-7-15/h3-10H,2,11-12H2,1H3,(H,24,25)(H2,21,22,23). The number of amides is 1. The van der Waals surface area contributed by atoms with Crippen LogP contribution in [0.15, 0.2) is 53.5 Å². The van der Waals surface area contributed by atoms with Crippen molar-refractivity contribution in [3.8, 4) is 0 Å². The van der Waals surface area contributed by atoms with Gasteiger partial charge in [0.05, 0.1) is 13.1 Å². The van der Waals surface area contributed by atoms with Gasteiger partial charge in [0.2, 0.25) is 5.91 Å². The van der Waals surface area contributed by atoms with Crippen molar-refractivity contribution in [1.29, 1.82) is 0 Å². The number of nitrogens with one attached hydrogen (secondary N) is 3. The molecule has 0 saturated carbocycles. The zero-order chi connectivity index (χ0) is 18.1. The minimum atomic E-state index is -0.525. The van der Waals surface area contributed by atoms with Gasteiger partial charge in [-0.25, -0.2) is 13.8 Å². The number of benzene rings is 2. The molecule has 0 bridgehead atoms. The highest BCUT2D eigenvalue weighted by molar-refractivity contribution is 5.94. The lowest BCUT2D eigenvalue weighted by molar-refractivity contribution is -0.115. The third kappa shape index (κ3) is 6.21. The van der Waals surface area contributed by atoms with Crippen LogP contribution in [-0.4, -0.2) is 25.0 Å². The predicted octanol–water partition coefficient (Wildman–Crippen LogP) is 2.66. The second-order valence-electron chi connectivity index (χ2n) is 5.20. The molecule has 0 heterocycles. The lowest BCUT2D eigenvalue weighted by Gasteiger charge is -2.11. The molecule has 0 radical (unpaired) electrons. The van der Waals surface area contributed by atoms with E-state index in [9.17, 15) is 13.6 Å². The summed E-state index contributed by atoms with van der Waals surface area (Å²) in [5.74, 6) is -0.947. The first-order chi connectivity index (χ1) is 12.1. The molecule has 2 rings (SSSR count). The number of carbonyl (C=O) groups is 1. The van der Waals surface area contributed by atoms with Crippen molar-refractivity contribution < 1.29 is 13.6 Å². The Labute approximate surface area is 145 Å². The molecular weight excluding hydrogens is 326 g/mol. The summed E-state index contributed by atoms with van der Waals surface area (Å²) in [5.41, 5.74) is 0.837. The molecule has 0 spiro atoms. The van der Waals surface area contributed by atoms with Crippen molar-refractivity contribution >= 4 is 17.6 Å². The van der Waals surface area contributed by atoms with E-state index in [0.717, 1.165) is 18.2 Å². The van der Waals surface area contributed by atoms with E-state index in [1.165, 1.54) is 0 Å². The minimum absolute atomic E-state index is 0.00758. The first-order valence-electron chi connectivity index (χ1n) is 7.89. The van der Waals surface area contributed by atoms with E-state index in [-0.39, 0.29) is 24.6 Å². The van der Waals surface area contributed by atoms with Crippen molar-refractivity contribution in [2.75, 3.05) is 18.4 Å². The topological polar surface area (TPSA) is 65.5 Å². The molecule has 5 nitrogen and oxygen atoms in total. The quantitative estimate of drug-likeness (QED) is 0.557. The number of aliphatic imine (C=N–C) groups is 1. The number of halogens is 2. The minimum Gasteiger partial charge on any atom is -0.357 e. The largest absolute Gasteiger partial charge is 0.357 e. The van der Waals surface area contributed by atoms with Gasteiger partial charge in [-0.2, -0.15) is 0 Å². The zero-order valence-electron chi connectivity index (χ0n) is 13.9. The van der Waals surface area contributed by atoms with E-state index >= 15 is 0 Å². The molecule has 0 aliphatic rings. The molecule has 1 amide bonds. The molecule has 7 heteroatoms. The van der Waals surface area contributed by atoms with Crippen LogP contribution < -0.4 is 16.0 Å². The Bertz CT molecular complexity index is 735. The smallest absolute Gasteiger partial charge is 0.243 e. The Morgan fingerprint density at radius 1 is 1.08 bits per heavy atom. The van der Waals surface area contributed by atoms with Crippen molar-refractivity contribution in [2.24, 2.45) is 4.99 Å². The number of nitrogens with zero attached hydrogens (tertiary/aromatic N) is 1. The van der Waals surface area contributed by atoms with E-state index in [1.54, 1.807) is 12.1 Å². The summed E-state index contributed by atoms with van der Waals surface area (Å²) in [6, 6.07) is 12.3. The number of hydrogen-bond acceptors (Lipinski definition) is 2.